The highest BCUT2D eigenvalue weighted by Crippen LogP contribution is 2.40. The van der Waals surface area contributed by atoms with Gasteiger partial charge in [0.15, 0.2) is 6.10 Å². The van der Waals surface area contributed by atoms with Crippen molar-refractivity contribution in [3.63, 3.8) is 0 Å². The van der Waals surface area contributed by atoms with Crippen LogP contribution in [0.2, 0.25) is 0 Å². The molecule has 0 N–H and O–H groups in total. The van der Waals surface area contributed by atoms with Gasteiger partial charge in [-0.25, -0.2) is 4.39 Å². The Kier molecular flexibility index (Phi) is 3.63. The highest BCUT2D eigenvalue weighted by Gasteiger charge is 2.40. The molecule has 0 aromatic heterocycles. The van der Waals surface area contributed by atoms with Crippen molar-refractivity contribution in [2.45, 2.75) is 18.6 Å². The first-order valence-corrected chi connectivity index (χ1v) is 7.18. The summed E-state index contributed by atoms with van der Waals surface area (Å²) < 4.78 is 19.6. The number of hydrogen-bond donors (Lipinski definition) is 0. The van der Waals surface area contributed by atoms with Gasteiger partial charge in [0.2, 0.25) is 0 Å². The van der Waals surface area contributed by atoms with Crippen molar-refractivity contribution in [3.8, 4) is 5.75 Å². The fraction of sp³-hybridized carbons (Fsp3) is 0.200. The Morgan fingerprint density at radius 2 is 1.95 bits per heavy atom. The van der Waals surface area contributed by atoms with E-state index in [1.165, 1.54) is 24.3 Å². The Bertz CT molecular complexity index is 690. The molecule has 21 heavy (non-hydrogen) atoms. The van der Waals surface area contributed by atoms with Gasteiger partial charge in [0.05, 0.1) is 4.47 Å². The van der Waals surface area contributed by atoms with E-state index in [-0.39, 0.29) is 17.2 Å². The second-order valence-corrected chi connectivity index (χ2v) is 5.73. The molecule has 1 heterocycles. The van der Waals surface area contributed by atoms with Crippen molar-refractivity contribution in [3.05, 3.63) is 74.0 Å². The van der Waals surface area contributed by atoms with Crippen molar-refractivity contribution in [2.24, 2.45) is 0 Å². The summed E-state index contributed by atoms with van der Waals surface area (Å²) >= 11 is 3.40. The summed E-state index contributed by atoms with van der Waals surface area (Å²) in [5, 5.41) is 11.3. The molecule has 0 bridgehead atoms. The molecular weight excluding hydrogens is 341 g/mol. The zero-order valence-corrected chi connectivity index (χ0v) is 12.4. The molecule has 1 aliphatic rings. The van der Waals surface area contributed by atoms with Crippen LogP contribution in [0, 0.1) is 15.9 Å². The Labute approximate surface area is 128 Å². The molecule has 2 aromatic carbocycles. The largest absolute Gasteiger partial charge is 0.477 e. The molecule has 0 saturated carbocycles. The summed E-state index contributed by atoms with van der Waals surface area (Å²) in [6.07, 6.45) is -0.448. The van der Waals surface area contributed by atoms with Crippen LogP contribution in [0.25, 0.3) is 0 Å². The normalized spacial score (nSPS) is 20.5. The van der Waals surface area contributed by atoms with Crippen LogP contribution in [0.15, 0.2) is 46.9 Å². The van der Waals surface area contributed by atoms with Gasteiger partial charge in [0.1, 0.15) is 11.6 Å². The van der Waals surface area contributed by atoms with Gasteiger partial charge in [-0.05, 0) is 39.7 Å². The molecule has 0 fully saturated rings. The fourth-order valence-electron chi connectivity index (χ4n) is 2.51. The van der Waals surface area contributed by atoms with Gasteiger partial charge in [-0.15, -0.1) is 0 Å². The third kappa shape index (κ3) is 2.63. The fourth-order valence-corrected chi connectivity index (χ4v) is 3.01. The molecule has 0 spiro atoms. The monoisotopic (exact) mass is 351 g/mol. The first-order chi connectivity index (χ1) is 10.1. The average molecular weight is 352 g/mol. The second-order valence-electron chi connectivity index (χ2n) is 4.87. The topological polar surface area (TPSA) is 52.4 Å². The standard InChI is InChI=1S/C15H11BrFNO3/c16-12-3-1-2-10-8-13(18(19)20)15(21-14(10)12)9-4-6-11(17)7-5-9/h1-7,13,15H,8H2. The van der Waals surface area contributed by atoms with Gasteiger partial charge in [-0.1, -0.05) is 24.3 Å². The lowest BCUT2D eigenvalue weighted by Gasteiger charge is -2.29. The number of halogens is 2. The number of nitrogens with zero attached hydrogens (tertiary/aromatic N) is 1. The van der Waals surface area contributed by atoms with Crippen molar-refractivity contribution in [2.75, 3.05) is 0 Å². The van der Waals surface area contributed by atoms with Crippen LogP contribution in [0.4, 0.5) is 4.39 Å². The highest BCUT2D eigenvalue weighted by atomic mass is 79.9. The lowest BCUT2D eigenvalue weighted by molar-refractivity contribution is -0.535. The molecule has 0 saturated heterocycles. The number of ether oxygens (including phenoxy) is 1. The maximum absolute atomic E-state index is 13.0. The minimum absolute atomic E-state index is 0.282. The van der Waals surface area contributed by atoms with E-state index < -0.39 is 12.1 Å². The van der Waals surface area contributed by atoms with Gasteiger partial charge in [-0.2, -0.15) is 0 Å². The molecule has 1 aliphatic heterocycles. The van der Waals surface area contributed by atoms with Gasteiger partial charge in [-0.3, -0.25) is 10.1 Å². The molecule has 6 heteroatoms. The van der Waals surface area contributed by atoms with Crippen molar-refractivity contribution in [1.29, 1.82) is 0 Å². The number of benzene rings is 2. The van der Waals surface area contributed by atoms with Crippen LogP contribution in [0.5, 0.6) is 5.75 Å². The van der Waals surface area contributed by atoms with Gasteiger partial charge in [0, 0.05) is 16.9 Å². The molecule has 3 rings (SSSR count). The summed E-state index contributed by atoms with van der Waals surface area (Å²) in [7, 11) is 0. The maximum Gasteiger partial charge on any atom is 0.257 e. The molecule has 2 unspecified atom stereocenters. The van der Waals surface area contributed by atoms with E-state index in [9.17, 15) is 14.5 Å². The van der Waals surface area contributed by atoms with E-state index in [4.69, 9.17) is 4.74 Å². The average Bonchev–Trinajstić information content (AvgIpc) is 2.47. The van der Waals surface area contributed by atoms with Gasteiger partial charge in [0.25, 0.3) is 6.04 Å². The number of para-hydroxylation sites is 1. The van der Waals surface area contributed by atoms with Crippen molar-refractivity contribution >= 4 is 15.9 Å². The summed E-state index contributed by atoms with van der Waals surface area (Å²) in [5.74, 6) is 0.235. The molecule has 4 nitrogen and oxygen atoms in total. The van der Waals surface area contributed by atoms with Crippen LogP contribution >= 0.6 is 15.9 Å². The Morgan fingerprint density at radius 1 is 1.24 bits per heavy atom. The second kappa shape index (κ2) is 5.44. The Balaban J connectivity index is 2.04. The third-order valence-electron chi connectivity index (χ3n) is 3.54. The maximum atomic E-state index is 13.0. The zero-order chi connectivity index (χ0) is 15.0. The SMILES string of the molecule is O=[N+]([O-])C1Cc2cccc(Br)c2OC1c1ccc(F)cc1. The predicted molar refractivity (Wildman–Crippen MR) is 78.4 cm³/mol. The highest BCUT2D eigenvalue weighted by molar-refractivity contribution is 9.10. The summed E-state index contributed by atoms with van der Waals surface area (Å²) in [4.78, 5) is 11.0. The number of nitro groups is 1. The number of fused-ring (bicyclic) bond motifs is 1. The minimum atomic E-state index is -0.891. The first kappa shape index (κ1) is 14.0. The van der Waals surface area contributed by atoms with Gasteiger partial charge >= 0.3 is 0 Å². The van der Waals surface area contributed by atoms with E-state index in [1.807, 2.05) is 18.2 Å². The van der Waals surface area contributed by atoms with Crippen molar-refractivity contribution in [1.82, 2.24) is 0 Å². The van der Waals surface area contributed by atoms with Crippen LogP contribution in [0.3, 0.4) is 0 Å². The van der Waals surface area contributed by atoms with Crippen molar-refractivity contribution < 1.29 is 14.1 Å². The third-order valence-corrected chi connectivity index (χ3v) is 4.17. The Hall–Kier alpha value is -1.95. The molecule has 2 aromatic rings. The van der Waals surface area contributed by atoms with Crippen LogP contribution in [-0.2, 0) is 6.42 Å². The molecule has 2 atom stereocenters. The minimum Gasteiger partial charge on any atom is -0.477 e. The van der Waals surface area contributed by atoms with E-state index in [2.05, 4.69) is 15.9 Å². The smallest absolute Gasteiger partial charge is 0.257 e. The summed E-state index contributed by atoms with van der Waals surface area (Å²) in [6, 6.07) is 10.2. The van der Waals surface area contributed by atoms with E-state index in [1.54, 1.807) is 0 Å². The quantitative estimate of drug-likeness (QED) is 0.608. The van der Waals surface area contributed by atoms with E-state index >= 15 is 0 Å². The lowest BCUT2D eigenvalue weighted by Crippen LogP contribution is -2.36. The van der Waals surface area contributed by atoms with E-state index in [0.29, 0.717) is 11.3 Å². The lowest BCUT2D eigenvalue weighted by atomic mass is 9.93. The Morgan fingerprint density at radius 3 is 2.62 bits per heavy atom. The molecule has 0 aliphatic carbocycles. The van der Waals surface area contributed by atoms with Crippen LogP contribution in [0.1, 0.15) is 17.2 Å². The van der Waals surface area contributed by atoms with Crippen LogP contribution < -0.4 is 4.74 Å². The summed E-state index contributed by atoms with van der Waals surface area (Å²) in [5.41, 5.74) is 1.39. The first-order valence-electron chi connectivity index (χ1n) is 6.39. The predicted octanol–water partition coefficient (Wildman–Crippen LogP) is 3.91. The molecule has 0 radical (unpaired) electrons. The molecular formula is C15H11BrFNO3. The number of hydrogen-bond acceptors (Lipinski definition) is 3. The molecule has 108 valence electrons. The van der Waals surface area contributed by atoms with E-state index in [0.717, 1.165) is 10.0 Å². The van der Waals surface area contributed by atoms with Crippen LogP contribution in [-0.4, -0.2) is 11.0 Å². The molecule has 0 amide bonds. The number of rotatable bonds is 2. The zero-order valence-electron chi connectivity index (χ0n) is 10.8. The summed E-state index contributed by atoms with van der Waals surface area (Å²) in [6.45, 7) is 0. The van der Waals surface area contributed by atoms with Gasteiger partial charge < -0.3 is 4.74 Å².